The van der Waals surface area contributed by atoms with Crippen LogP contribution in [0.2, 0.25) is 10.0 Å². The molecule has 1 atom stereocenters. The van der Waals surface area contributed by atoms with Crippen molar-refractivity contribution in [1.29, 1.82) is 0 Å². The number of rotatable bonds is 13. The van der Waals surface area contributed by atoms with E-state index in [0.717, 1.165) is 38.2 Å². The van der Waals surface area contributed by atoms with Crippen molar-refractivity contribution in [3.05, 3.63) is 63.6 Å². The maximum Gasteiger partial charge on any atom is 0.245 e. The molecule has 1 saturated heterocycles. The van der Waals surface area contributed by atoms with Crippen LogP contribution in [-0.2, 0) is 27.2 Å². The van der Waals surface area contributed by atoms with Gasteiger partial charge in [0.15, 0.2) is 0 Å². The Morgan fingerprint density at radius 2 is 1.78 bits per heavy atom. The molecular weight excluding hydrogens is 513 g/mol. The molecule has 0 unspecified atom stereocenters. The van der Waals surface area contributed by atoms with Crippen molar-refractivity contribution in [1.82, 2.24) is 20.9 Å². The summed E-state index contributed by atoms with van der Waals surface area (Å²) < 4.78 is 5.10. The van der Waals surface area contributed by atoms with Crippen LogP contribution in [-0.4, -0.2) is 89.3 Å². The third-order valence-electron chi connectivity index (χ3n) is 6.39. The summed E-state index contributed by atoms with van der Waals surface area (Å²) in [5.74, 6) is -0.344. The largest absolute Gasteiger partial charge is 0.383 e. The zero-order valence-electron chi connectivity index (χ0n) is 21.6. The standard InChI is InChI=1S/C27H37Cl2N5O3/c1-30-19-26(35)32-24(17-21-7-8-22(28)18-23(21)29)27(36)34-14-12-33(13-15-34)25-6-4-3-5-20(25)9-10-31-11-16-37-2/h3-8,18,24,30-31H,9-17,19H2,1-2H3,(H,32,35)/t24-/m1/s1. The summed E-state index contributed by atoms with van der Waals surface area (Å²) in [6.07, 6.45) is 1.21. The minimum Gasteiger partial charge on any atom is -0.383 e. The van der Waals surface area contributed by atoms with Gasteiger partial charge in [0.05, 0.1) is 13.2 Å². The topological polar surface area (TPSA) is 85.9 Å². The number of amides is 2. The van der Waals surface area contributed by atoms with E-state index in [9.17, 15) is 9.59 Å². The third-order valence-corrected chi connectivity index (χ3v) is 6.97. The molecule has 1 fully saturated rings. The quantitative estimate of drug-likeness (QED) is 0.332. The molecule has 2 aromatic rings. The number of benzene rings is 2. The van der Waals surface area contributed by atoms with Gasteiger partial charge in [-0.05, 0) is 49.3 Å². The average Bonchev–Trinajstić information content (AvgIpc) is 2.90. The fraction of sp³-hybridized carbons (Fsp3) is 0.481. The van der Waals surface area contributed by atoms with Crippen LogP contribution in [0.5, 0.6) is 0 Å². The van der Waals surface area contributed by atoms with Crippen molar-refractivity contribution in [2.45, 2.75) is 18.9 Å². The van der Waals surface area contributed by atoms with Gasteiger partial charge in [0, 0.05) is 62.0 Å². The Morgan fingerprint density at radius 1 is 1.03 bits per heavy atom. The molecule has 0 radical (unpaired) electrons. The van der Waals surface area contributed by atoms with Crippen molar-refractivity contribution in [2.75, 3.05) is 71.5 Å². The van der Waals surface area contributed by atoms with Gasteiger partial charge in [-0.3, -0.25) is 9.59 Å². The first-order valence-corrected chi connectivity index (χ1v) is 13.4. The van der Waals surface area contributed by atoms with Crippen LogP contribution in [0, 0.1) is 0 Å². The van der Waals surface area contributed by atoms with E-state index in [1.165, 1.54) is 11.3 Å². The number of anilines is 1. The highest BCUT2D eigenvalue weighted by molar-refractivity contribution is 6.35. The number of para-hydroxylation sites is 1. The number of ether oxygens (including phenoxy) is 1. The lowest BCUT2D eigenvalue weighted by molar-refractivity contribution is -0.136. The number of piperazine rings is 1. The summed E-state index contributed by atoms with van der Waals surface area (Å²) in [7, 11) is 3.39. The Hall–Kier alpha value is -2.36. The van der Waals surface area contributed by atoms with Gasteiger partial charge in [0.2, 0.25) is 11.8 Å². The molecule has 1 aliphatic heterocycles. The minimum atomic E-state index is -0.712. The minimum absolute atomic E-state index is 0.106. The van der Waals surface area contributed by atoms with Crippen molar-refractivity contribution in [3.8, 4) is 0 Å². The predicted molar refractivity (Wildman–Crippen MR) is 150 cm³/mol. The van der Waals surface area contributed by atoms with Gasteiger partial charge >= 0.3 is 0 Å². The first kappa shape index (κ1) is 29.2. The second-order valence-electron chi connectivity index (χ2n) is 9.02. The number of halogens is 2. The van der Waals surface area contributed by atoms with Crippen LogP contribution in [0.4, 0.5) is 5.69 Å². The number of carbonyl (C=O) groups is 2. The third kappa shape index (κ3) is 8.86. The molecule has 2 aromatic carbocycles. The van der Waals surface area contributed by atoms with Crippen molar-refractivity contribution in [2.24, 2.45) is 0 Å². The lowest BCUT2D eigenvalue weighted by Gasteiger charge is -2.38. The Balaban J connectivity index is 1.64. The lowest BCUT2D eigenvalue weighted by atomic mass is 10.0. The number of hydrogen-bond donors (Lipinski definition) is 3. The zero-order valence-corrected chi connectivity index (χ0v) is 23.1. The molecule has 3 rings (SSSR count). The van der Waals surface area contributed by atoms with Crippen LogP contribution < -0.4 is 20.9 Å². The molecule has 8 nitrogen and oxygen atoms in total. The zero-order chi connectivity index (χ0) is 26.6. The first-order chi connectivity index (χ1) is 17.9. The summed E-state index contributed by atoms with van der Waals surface area (Å²) >= 11 is 12.4. The van der Waals surface area contributed by atoms with E-state index in [1.807, 2.05) is 4.90 Å². The van der Waals surface area contributed by atoms with Crippen LogP contribution in [0.15, 0.2) is 42.5 Å². The molecule has 0 aliphatic carbocycles. The van der Waals surface area contributed by atoms with Gasteiger partial charge in [-0.15, -0.1) is 0 Å². The first-order valence-electron chi connectivity index (χ1n) is 12.6. The fourth-order valence-electron chi connectivity index (χ4n) is 4.45. The molecule has 202 valence electrons. The highest BCUT2D eigenvalue weighted by Gasteiger charge is 2.29. The highest BCUT2D eigenvalue weighted by atomic mass is 35.5. The molecule has 10 heteroatoms. The van der Waals surface area contributed by atoms with E-state index in [-0.39, 0.29) is 18.4 Å². The van der Waals surface area contributed by atoms with Gasteiger partial charge in [-0.2, -0.15) is 0 Å². The number of carbonyl (C=O) groups excluding carboxylic acids is 2. The maximum atomic E-state index is 13.5. The van der Waals surface area contributed by atoms with E-state index in [2.05, 4.69) is 45.1 Å². The summed E-state index contributed by atoms with van der Waals surface area (Å²) in [6.45, 7) is 5.11. The molecule has 0 spiro atoms. The maximum absolute atomic E-state index is 13.5. The van der Waals surface area contributed by atoms with Crippen LogP contribution in [0.25, 0.3) is 0 Å². The van der Waals surface area contributed by atoms with Crippen LogP contribution >= 0.6 is 23.2 Å². The van der Waals surface area contributed by atoms with Crippen molar-refractivity contribution < 1.29 is 14.3 Å². The smallest absolute Gasteiger partial charge is 0.245 e. The summed E-state index contributed by atoms with van der Waals surface area (Å²) in [5, 5.41) is 10.1. The van der Waals surface area contributed by atoms with E-state index >= 15 is 0 Å². The SMILES string of the molecule is CNCC(=O)N[C@H](Cc1ccc(Cl)cc1Cl)C(=O)N1CCN(c2ccccc2CCNCCOC)CC1. The molecule has 0 bridgehead atoms. The van der Waals surface area contributed by atoms with Crippen LogP contribution in [0.3, 0.4) is 0 Å². The summed E-state index contributed by atoms with van der Waals surface area (Å²) in [6, 6.07) is 12.9. The Labute approximate surface area is 229 Å². The van der Waals surface area contributed by atoms with Gasteiger partial charge in [-0.25, -0.2) is 0 Å². The van der Waals surface area contributed by atoms with E-state index < -0.39 is 6.04 Å². The molecule has 0 aromatic heterocycles. The Bertz CT molecular complexity index is 1030. The van der Waals surface area contributed by atoms with Crippen LogP contribution in [0.1, 0.15) is 11.1 Å². The second kappa shape index (κ2) is 15.1. The fourth-order valence-corrected chi connectivity index (χ4v) is 4.94. The monoisotopic (exact) mass is 549 g/mol. The van der Waals surface area contributed by atoms with E-state index in [4.69, 9.17) is 27.9 Å². The van der Waals surface area contributed by atoms with Crippen molar-refractivity contribution >= 4 is 40.7 Å². The molecule has 1 aliphatic rings. The van der Waals surface area contributed by atoms with Gasteiger partial charge in [0.25, 0.3) is 0 Å². The second-order valence-corrected chi connectivity index (χ2v) is 9.87. The normalized spacial score (nSPS) is 14.5. The molecule has 2 amide bonds. The van der Waals surface area contributed by atoms with Gasteiger partial charge in [0.1, 0.15) is 6.04 Å². The number of methoxy groups -OCH3 is 1. The number of nitrogens with zero attached hydrogens (tertiary/aromatic N) is 2. The van der Waals surface area contributed by atoms with E-state index in [1.54, 1.807) is 32.4 Å². The average molecular weight is 551 g/mol. The number of nitrogens with one attached hydrogen (secondary N) is 3. The van der Waals surface area contributed by atoms with Gasteiger partial charge in [-0.1, -0.05) is 47.5 Å². The van der Waals surface area contributed by atoms with E-state index in [0.29, 0.717) is 36.2 Å². The molecule has 3 N–H and O–H groups in total. The number of likely N-dealkylation sites (N-methyl/N-ethyl adjacent to an activating group) is 1. The lowest BCUT2D eigenvalue weighted by Crippen LogP contribution is -2.56. The predicted octanol–water partition coefficient (Wildman–Crippen LogP) is 2.37. The molecular formula is C27H37Cl2N5O3. The molecule has 0 saturated carbocycles. The Kier molecular flexibility index (Phi) is 12.0. The molecule has 37 heavy (non-hydrogen) atoms. The summed E-state index contributed by atoms with van der Waals surface area (Å²) in [5.41, 5.74) is 3.25. The highest BCUT2D eigenvalue weighted by Crippen LogP contribution is 2.24. The van der Waals surface area contributed by atoms with Gasteiger partial charge < -0.3 is 30.5 Å². The van der Waals surface area contributed by atoms with Crippen molar-refractivity contribution in [3.63, 3.8) is 0 Å². The number of hydrogen-bond acceptors (Lipinski definition) is 6. The molecule has 1 heterocycles. The summed E-state index contributed by atoms with van der Waals surface area (Å²) in [4.78, 5) is 30.1. The Morgan fingerprint density at radius 3 is 2.49 bits per heavy atom.